The van der Waals surface area contributed by atoms with E-state index in [2.05, 4.69) is 15.3 Å². The van der Waals surface area contributed by atoms with Crippen LogP contribution < -0.4 is 5.32 Å². The molecule has 1 aromatic heterocycles. The molecule has 1 atom stereocenters. The van der Waals surface area contributed by atoms with Gasteiger partial charge in [0.15, 0.2) is 5.17 Å². The normalized spacial score (nSPS) is 17.3. The fourth-order valence-corrected chi connectivity index (χ4v) is 4.76. The fraction of sp³-hybridized carbons (Fsp3) is 0.250. The number of aliphatic imine (C=N–C) groups is 1. The molecule has 170 valence electrons. The summed E-state index contributed by atoms with van der Waals surface area (Å²) in [7, 11) is 1.29. The molecule has 0 radical (unpaired) electrons. The first-order valence-corrected chi connectivity index (χ1v) is 11.4. The molecular formula is C24H23FN4O3S. The number of nitrogens with zero attached hydrogens (tertiary/aromatic N) is 3. The number of carbonyl (C=O) groups is 2. The van der Waals surface area contributed by atoms with Crippen LogP contribution >= 0.6 is 11.8 Å². The second-order valence-electron chi connectivity index (χ2n) is 7.40. The number of halogens is 1. The number of methoxy groups -OCH3 is 1. The minimum Gasteiger partial charge on any atom is -0.466 e. The fourth-order valence-electron chi connectivity index (χ4n) is 3.82. The molecule has 0 spiro atoms. The zero-order chi connectivity index (χ0) is 23.4. The lowest BCUT2D eigenvalue weighted by Gasteiger charge is -2.36. The molecule has 0 aliphatic carbocycles. The Bertz CT molecular complexity index is 1160. The number of ether oxygens (including phenoxy) is 1. The lowest BCUT2D eigenvalue weighted by Crippen LogP contribution is -2.38. The van der Waals surface area contributed by atoms with Crippen LogP contribution in [0.2, 0.25) is 0 Å². The highest BCUT2D eigenvalue weighted by Gasteiger charge is 2.42. The number of fused-ring (bicyclic) bond motifs is 1. The van der Waals surface area contributed by atoms with Crippen LogP contribution in [0.4, 0.5) is 4.39 Å². The number of amides is 1. The van der Waals surface area contributed by atoms with E-state index in [1.54, 1.807) is 29.3 Å². The maximum atomic E-state index is 14.9. The molecule has 0 fully saturated rings. The van der Waals surface area contributed by atoms with E-state index >= 15 is 0 Å². The summed E-state index contributed by atoms with van der Waals surface area (Å²) >= 11 is 1.35. The van der Waals surface area contributed by atoms with Crippen LogP contribution in [-0.2, 0) is 20.9 Å². The van der Waals surface area contributed by atoms with Gasteiger partial charge in [-0.25, -0.2) is 14.2 Å². The van der Waals surface area contributed by atoms with E-state index in [1.807, 2.05) is 30.5 Å². The number of amidine groups is 1. The first kappa shape index (κ1) is 22.7. The van der Waals surface area contributed by atoms with Gasteiger partial charge in [0.2, 0.25) is 5.91 Å². The van der Waals surface area contributed by atoms with E-state index in [1.165, 1.54) is 24.9 Å². The molecule has 9 heteroatoms. The molecule has 0 saturated heterocycles. The smallest absolute Gasteiger partial charge is 0.338 e. The van der Waals surface area contributed by atoms with Gasteiger partial charge in [-0.05, 0) is 30.0 Å². The van der Waals surface area contributed by atoms with Crippen LogP contribution in [0.3, 0.4) is 0 Å². The first-order chi connectivity index (χ1) is 16.0. The molecule has 4 rings (SSSR count). The molecule has 33 heavy (non-hydrogen) atoms. The number of carbonyl (C=O) groups excluding carboxylic acids is 2. The zero-order valence-corrected chi connectivity index (χ0v) is 19.1. The van der Waals surface area contributed by atoms with Gasteiger partial charge in [0, 0.05) is 17.5 Å². The van der Waals surface area contributed by atoms with Gasteiger partial charge >= 0.3 is 5.97 Å². The van der Waals surface area contributed by atoms with Crippen molar-refractivity contribution in [3.05, 3.63) is 88.1 Å². The average molecular weight is 467 g/mol. The Morgan fingerprint density at radius 1 is 1.21 bits per heavy atom. The number of aromatic nitrogens is 1. The summed E-state index contributed by atoms with van der Waals surface area (Å²) in [5, 5.41) is 5.27. The first-order valence-electron chi connectivity index (χ1n) is 10.5. The third-order valence-corrected chi connectivity index (χ3v) is 6.25. The Hall–Kier alpha value is -3.46. The van der Waals surface area contributed by atoms with Crippen molar-refractivity contribution in [2.24, 2.45) is 4.99 Å². The van der Waals surface area contributed by atoms with Gasteiger partial charge in [-0.15, -0.1) is 0 Å². The minimum atomic E-state index is -0.786. The monoisotopic (exact) mass is 466 g/mol. The number of hydrogen-bond acceptors (Lipinski definition) is 7. The number of pyridine rings is 1. The maximum absolute atomic E-state index is 14.9. The van der Waals surface area contributed by atoms with Crippen LogP contribution in [0.25, 0.3) is 0 Å². The van der Waals surface area contributed by atoms with Crippen molar-refractivity contribution in [3.8, 4) is 0 Å². The summed E-state index contributed by atoms with van der Waals surface area (Å²) in [5.41, 5.74) is 2.51. The highest BCUT2D eigenvalue weighted by Crippen LogP contribution is 2.45. The molecule has 2 aliphatic heterocycles. The lowest BCUT2D eigenvalue weighted by atomic mass is 9.92. The van der Waals surface area contributed by atoms with Crippen LogP contribution in [0.5, 0.6) is 0 Å². The number of benzene rings is 1. The van der Waals surface area contributed by atoms with Crippen molar-refractivity contribution in [3.63, 3.8) is 0 Å². The van der Waals surface area contributed by atoms with Gasteiger partial charge in [0.05, 0.1) is 43.1 Å². The van der Waals surface area contributed by atoms with Crippen molar-refractivity contribution in [1.82, 2.24) is 15.2 Å². The summed E-state index contributed by atoms with van der Waals surface area (Å²) in [4.78, 5) is 36.1. The summed E-state index contributed by atoms with van der Waals surface area (Å²) < 4.78 is 20.0. The van der Waals surface area contributed by atoms with Gasteiger partial charge in [-0.3, -0.25) is 9.78 Å². The van der Waals surface area contributed by atoms with Crippen molar-refractivity contribution < 1.29 is 18.7 Å². The molecule has 0 saturated carbocycles. The lowest BCUT2D eigenvalue weighted by molar-refractivity contribution is -0.136. The SMILES string of the molecule is CCC1=C(C(=O)OC)[C@@H](c2ccccc2F)N2C(CC(=O)NCc3ccccn3)=CSC2=N1. The molecule has 0 bridgehead atoms. The van der Waals surface area contributed by atoms with Crippen LogP contribution in [0, 0.1) is 5.82 Å². The second kappa shape index (κ2) is 9.99. The number of allylic oxidation sites excluding steroid dienone is 1. The van der Waals surface area contributed by atoms with E-state index in [9.17, 15) is 14.0 Å². The van der Waals surface area contributed by atoms with E-state index in [0.717, 1.165) is 5.69 Å². The standard InChI is InChI=1S/C24H23FN4O3S/c1-3-19-21(23(31)32-2)22(17-9-4-5-10-18(17)25)29-16(14-33-24(29)28-19)12-20(30)27-13-15-8-6-7-11-26-15/h4-11,14,22H,3,12-13H2,1-2H3,(H,27,30)/t22-/m1/s1. The Labute approximate surface area is 195 Å². The van der Waals surface area contributed by atoms with Crippen molar-refractivity contribution in [2.45, 2.75) is 32.4 Å². The Balaban J connectivity index is 1.65. The van der Waals surface area contributed by atoms with Gasteiger partial charge in [0.1, 0.15) is 5.82 Å². The summed E-state index contributed by atoms with van der Waals surface area (Å²) in [6.45, 7) is 2.18. The second-order valence-corrected chi connectivity index (χ2v) is 8.23. The Kier molecular flexibility index (Phi) is 6.88. The number of nitrogens with one attached hydrogen (secondary N) is 1. The highest BCUT2D eigenvalue weighted by atomic mass is 32.2. The van der Waals surface area contributed by atoms with Crippen molar-refractivity contribution in [2.75, 3.05) is 7.11 Å². The number of esters is 1. The minimum absolute atomic E-state index is 0.0414. The molecule has 1 aromatic carbocycles. The quantitative estimate of drug-likeness (QED) is 0.620. The summed E-state index contributed by atoms with van der Waals surface area (Å²) in [6.07, 6.45) is 2.19. The molecular weight excluding hydrogens is 443 g/mol. The Morgan fingerprint density at radius 3 is 2.70 bits per heavy atom. The average Bonchev–Trinajstić information content (AvgIpc) is 3.24. The van der Waals surface area contributed by atoms with E-state index < -0.39 is 17.8 Å². The molecule has 1 N–H and O–H groups in total. The molecule has 7 nitrogen and oxygen atoms in total. The van der Waals surface area contributed by atoms with Crippen LogP contribution in [0.1, 0.15) is 37.1 Å². The number of rotatable bonds is 7. The molecule has 1 amide bonds. The number of thioether (sulfide) groups is 1. The highest BCUT2D eigenvalue weighted by molar-refractivity contribution is 8.16. The molecule has 2 aromatic rings. The van der Waals surface area contributed by atoms with Crippen molar-refractivity contribution in [1.29, 1.82) is 0 Å². The van der Waals surface area contributed by atoms with E-state index in [-0.39, 0.29) is 17.9 Å². The van der Waals surface area contributed by atoms with Crippen LogP contribution in [0.15, 0.2) is 76.0 Å². The van der Waals surface area contributed by atoms with E-state index in [4.69, 9.17) is 4.74 Å². The van der Waals surface area contributed by atoms with Gasteiger partial charge in [-0.1, -0.05) is 43.0 Å². The summed E-state index contributed by atoms with van der Waals surface area (Å²) in [5.74, 6) is -1.24. The third-order valence-electron chi connectivity index (χ3n) is 5.36. The van der Waals surface area contributed by atoms with Gasteiger partial charge in [0.25, 0.3) is 0 Å². The topological polar surface area (TPSA) is 83.9 Å². The predicted molar refractivity (Wildman–Crippen MR) is 124 cm³/mol. The number of hydrogen-bond donors (Lipinski definition) is 1. The summed E-state index contributed by atoms with van der Waals surface area (Å²) in [6, 6.07) is 11.0. The predicted octanol–water partition coefficient (Wildman–Crippen LogP) is 4.07. The van der Waals surface area contributed by atoms with Gasteiger partial charge in [-0.2, -0.15) is 0 Å². The Morgan fingerprint density at radius 2 is 2.00 bits per heavy atom. The van der Waals surface area contributed by atoms with E-state index in [0.29, 0.717) is 35.1 Å². The molecule has 3 heterocycles. The maximum Gasteiger partial charge on any atom is 0.338 e. The molecule has 2 aliphatic rings. The largest absolute Gasteiger partial charge is 0.466 e. The zero-order valence-electron chi connectivity index (χ0n) is 18.2. The van der Waals surface area contributed by atoms with Gasteiger partial charge < -0.3 is 15.0 Å². The van der Waals surface area contributed by atoms with Crippen LogP contribution in [-0.4, -0.2) is 34.0 Å². The van der Waals surface area contributed by atoms with Crippen molar-refractivity contribution >= 4 is 28.8 Å². The molecule has 0 unspecified atom stereocenters. The third kappa shape index (κ3) is 4.68.